The quantitative estimate of drug-likeness (QED) is 0.347. The minimum atomic E-state index is 0. The molecule has 5 nitrogen and oxygen atoms in total. The van der Waals surface area contributed by atoms with Crippen LogP contribution in [-0.2, 0) is 0 Å². The van der Waals surface area contributed by atoms with Gasteiger partial charge in [0, 0.05) is 24.8 Å². The molecule has 1 saturated heterocycles. The number of guanidine groups is 1. The molecule has 0 radical (unpaired) electrons. The van der Waals surface area contributed by atoms with Gasteiger partial charge in [0.1, 0.15) is 11.5 Å². The van der Waals surface area contributed by atoms with Crippen molar-refractivity contribution in [2.24, 2.45) is 16.6 Å². The highest BCUT2D eigenvalue weighted by Crippen LogP contribution is 2.23. The first-order valence-electron chi connectivity index (χ1n) is 9.35. The van der Waals surface area contributed by atoms with E-state index in [0.29, 0.717) is 11.9 Å². The van der Waals surface area contributed by atoms with E-state index in [1.54, 1.807) is 0 Å². The van der Waals surface area contributed by atoms with Crippen molar-refractivity contribution in [3.05, 3.63) is 54.6 Å². The molecule has 1 fully saturated rings. The Kier molecular flexibility index (Phi) is 8.87. The van der Waals surface area contributed by atoms with Gasteiger partial charge in [-0.15, -0.1) is 24.0 Å². The summed E-state index contributed by atoms with van der Waals surface area (Å²) in [6.45, 7) is 6.50. The van der Waals surface area contributed by atoms with E-state index in [1.807, 2.05) is 54.6 Å². The van der Waals surface area contributed by atoms with Crippen LogP contribution < -0.4 is 15.8 Å². The van der Waals surface area contributed by atoms with E-state index in [4.69, 9.17) is 10.5 Å². The molecule has 1 aliphatic rings. The minimum absolute atomic E-state index is 0. The van der Waals surface area contributed by atoms with E-state index in [1.165, 1.54) is 25.9 Å². The number of nitrogens with zero attached hydrogens (tertiary/aromatic N) is 2. The third-order valence-electron chi connectivity index (χ3n) is 4.51. The fraction of sp³-hybridized carbons (Fsp3) is 0.381. The van der Waals surface area contributed by atoms with Crippen LogP contribution in [0, 0.1) is 5.92 Å². The highest BCUT2D eigenvalue weighted by Gasteiger charge is 2.21. The molecule has 0 saturated carbocycles. The molecule has 1 heterocycles. The molecule has 2 aromatic rings. The van der Waals surface area contributed by atoms with Crippen LogP contribution in [0.2, 0.25) is 0 Å². The Labute approximate surface area is 179 Å². The fourth-order valence-electron chi connectivity index (χ4n) is 3.26. The minimum Gasteiger partial charge on any atom is -0.457 e. The molecule has 2 aromatic carbocycles. The van der Waals surface area contributed by atoms with Gasteiger partial charge in [-0.3, -0.25) is 4.99 Å². The maximum Gasteiger partial charge on any atom is 0.193 e. The molecular formula is C21H29IN4O. The number of halogens is 1. The Hall–Kier alpha value is -1.80. The highest BCUT2D eigenvalue weighted by atomic mass is 127. The van der Waals surface area contributed by atoms with Crippen molar-refractivity contribution < 1.29 is 4.74 Å². The maximum atomic E-state index is 6.06. The second-order valence-electron chi connectivity index (χ2n) is 6.75. The molecule has 0 aliphatic carbocycles. The molecule has 0 spiro atoms. The van der Waals surface area contributed by atoms with Crippen LogP contribution in [0.1, 0.15) is 19.8 Å². The van der Waals surface area contributed by atoms with Crippen molar-refractivity contribution in [3.63, 3.8) is 0 Å². The molecular weight excluding hydrogens is 451 g/mol. The first-order chi connectivity index (χ1) is 12.7. The largest absolute Gasteiger partial charge is 0.457 e. The third-order valence-corrected chi connectivity index (χ3v) is 4.51. The molecule has 3 rings (SSSR count). The Balaban J connectivity index is 0.00000261. The van der Waals surface area contributed by atoms with Crippen LogP contribution in [0.4, 0.5) is 5.69 Å². The van der Waals surface area contributed by atoms with E-state index in [9.17, 15) is 0 Å². The number of hydrogen-bond acceptors (Lipinski definition) is 3. The zero-order chi connectivity index (χ0) is 18.2. The van der Waals surface area contributed by atoms with Gasteiger partial charge < -0.3 is 20.7 Å². The lowest BCUT2D eigenvalue weighted by Gasteiger charge is -2.14. The van der Waals surface area contributed by atoms with Gasteiger partial charge in [-0.2, -0.15) is 0 Å². The number of anilines is 1. The normalized spacial score (nSPS) is 17.4. The van der Waals surface area contributed by atoms with Crippen molar-refractivity contribution in [2.45, 2.75) is 19.8 Å². The number of nitrogens with two attached hydrogens (primary N) is 1. The van der Waals surface area contributed by atoms with E-state index >= 15 is 0 Å². The van der Waals surface area contributed by atoms with Crippen LogP contribution in [0.5, 0.6) is 11.5 Å². The summed E-state index contributed by atoms with van der Waals surface area (Å²) in [5.41, 5.74) is 6.94. The highest BCUT2D eigenvalue weighted by molar-refractivity contribution is 14.0. The van der Waals surface area contributed by atoms with Gasteiger partial charge in [0.15, 0.2) is 5.96 Å². The molecule has 1 unspecified atom stereocenters. The number of likely N-dealkylation sites (tertiary alicyclic amines) is 1. The maximum absolute atomic E-state index is 6.06. The topological polar surface area (TPSA) is 62.9 Å². The first-order valence-corrected chi connectivity index (χ1v) is 9.35. The van der Waals surface area contributed by atoms with E-state index in [2.05, 4.69) is 22.1 Å². The fourth-order valence-corrected chi connectivity index (χ4v) is 3.26. The van der Waals surface area contributed by atoms with Gasteiger partial charge in [0.05, 0.1) is 0 Å². The summed E-state index contributed by atoms with van der Waals surface area (Å²) in [5.74, 6) is 2.63. The standard InChI is InChI=1S/C21H28N4O.HI/c1-2-12-25-13-11-17(16-25)15-23-21(22)24-18-7-6-10-20(14-18)26-19-8-4-3-5-9-19;/h3-10,14,17H,2,11-13,15-16H2,1H3,(H3,22,23,24);1H. The van der Waals surface area contributed by atoms with Crippen LogP contribution in [0.15, 0.2) is 59.6 Å². The smallest absolute Gasteiger partial charge is 0.193 e. The van der Waals surface area contributed by atoms with Crippen molar-refractivity contribution in [2.75, 3.05) is 31.5 Å². The molecule has 0 amide bonds. The van der Waals surface area contributed by atoms with E-state index in [0.717, 1.165) is 30.3 Å². The summed E-state index contributed by atoms with van der Waals surface area (Å²) < 4.78 is 5.85. The molecule has 0 bridgehead atoms. The summed E-state index contributed by atoms with van der Waals surface area (Å²) in [6.07, 6.45) is 2.41. The van der Waals surface area contributed by atoms with Crippen molar-refractivity contribution >= 4 is 35.6 Å². The molecule has 146 valence electrons. The zero-order valence-electron chi connectivity index (χ0n) is 15.8. The summed E-state index contributed by atoms with van der Waals surface area (Å²) in [7, 11) is 0. The Morgan fingerprint density at radius 2 is 1.96 bits per heavy atom. The lowest BCUT2D eigenvalue weighted by molar-refractivity contribution is 0.326. The van der Waals surface area contributed by atoms with E-state index in [-0.39, 0.29) is 24.0 Å². The number of rotatable bonds is 7. The van der Waals surface area contributed by atoms with Crippen LogP contribution >= 0.6 is 24.0 Å². The van der Waals surface area contributed by atoms with Crippen LogP contribution in [0.3, 0.4) is 0 Å². The first kappa shape index (κ1) is 21.5. The van der Waals surface area contributed by atoms with Gasteiger partial charge in [-0.25, -0.2) is 0 Å². The molecule has 1 aliphatic heterocycles. The number of hydrogen-bond donors (Lipinski definition) is 2. The zero-order valence-corrected chi connectivity index (χ0v) is 18.1. The summed E-state index contributed by atoms with van der Waals surface area (Å²) in [5, 5.41) is 3.16. The summed E-state index contributed by atoms with van der Waals surface area (Å²) in [4.78, 5) is 7.03. The number of para-hydroxylation sites is 1. The SMILES string of the molecule is CCCN1CCC(CN=C(N)Nc2cccc(Oc3ccccc3)c2)C1.I. The molecule has 1 atom stereocenters. The second kappa shape index (κ2) is 11.1. The number of ether oxygens (including phenoxy) is 1. The lowest BCUT2D eigenvalue weighted by Crippen LogP contribution is -2.25. The molecule has 6 heteroatoms. The molecule has 3 N–H and O–H groups in total. The van der Waals surface area contributed by atoms with E-state index < -0.39 is 0 Å². The van der Waals surface area contributed by atoms with Crippen molar-refractivity contribution in [1.29, 1.82) is 0 Å². The lowest BCUT2D eigenvalue weighted by atomic mass is 10.1. The average molecular weight is 480 g/mol. The van der Waals surface area contributed by atoms with Gasteiger partial charge in [-0.05, 0) is 56.1 Å². The number of aliphatic imine (C=N–C) groups is 1. The third kappa shape index (κ3) is 7.03. The number of nitrogens with one attached hydrogen (secondary N) is 1. The number of benzene rings is 2. The van der Waals surface area contributed by atoms with Gasteiger partial charge in [0.2, 0.25) is 0 Å². The van der Waals surface area contributed by atoms with Gasteiger partial charge in [-0.1, -0.05) is 31.2 Å². The van der Waals surface area contributed by atoms with Crippen LogP contribution in [-0.4, -0.2) is 37.0 Å². The average Bonchev–Trinajstić information content (AvgIpc) is 3.09. The summed E-state index contributed by atoms with van der Waals surface area (Å²) >= 11 is 0. The van der Waals surface area contributed by atoms with Gasteiger partial charge >= 0.3 is 0 Å². The Morgan fingerprint density at radius 1 is 1.19 bits per heavy atom. The molecule has 0 aromatic heterocycles. The monoisotopic (exact) mass is 480 g/mol. The Morgan fingerprint density at radius 3 is 2.74 bits per heavy atom. The second-order valence-corrected chi connectivity index (χ2v) is 6.75. The Bertz CT molecular complexity index is 723. The van der Waals surface area contributed by atoms with Crippen molar-refractivity contribution in [1.82, 2.24) is 4.90 Å². The molecule has 27 heavy (non-hydrogen) atoms. The summed E-state index contributed by atoms with van der Waals surface area (Å²) in [6, 6.07) is 17.5. The predicted molar refractivity (Wildman–Crippen MR) is 123 cm³/mol. The van der Waals surface area contributed by atoms with Crippen molar-refractivity contribution in [3.8, 4) is 11.5 Å². The van der Waals surface area contributed by atoms with Gasteiger partial charge in [0.25, 0.3) is 0 Å². The predicted octanol–water partition coefficient (Wildman–Crippen LogP) is 4.56. The van der Waals surface area contributed by atoms with Crippen LogP contribution in [0.25, 0.3) is 0 Å².